The normalized spacial score (nSPS) is 40.4. The molecule has 2 saturated carbocycles. The molecule has 2 aliphatic carbocycles. The van der Waals surface area contributed by atoms with Crippen molar-refractivity contribution in [3.05, 3.63) is 0 Å². The fourth-order valence-corrected chi connectivity index (χ4v) is 17.3. The molecule has 0 amide bonds. The topological polar surface area (TPSA) is 0 Å². The summed E-state index contributed by atoms with van der Waals surface area (Å²) in [6, 6.07) is 0. The van der Waals surface area contributed by atoms with E-state index in [2.05, 4.69) is 41.5 Å². The fraction of sp³-hybridized carbons (Fsp3) is 1.00. The fourth-order valence-electron chi connectivity index (χ4n) is 4.59. The van der Waals surface area contributed by atoms with Crippen molar-refractivity contribution in [2.45, 2.75) is 89.7 Å². The summed E-state index contributed by atoms with van der Waals surface area (Å²) >= 11 is 1.90. The molecule has 0 nitrogen and oxygen atoms in total. The Morgan fingerprint density at radius 1 is 0.636 bits per heavy atom. The molecule has 22 heavy (non-hydrogen) atoms. The third-order valence-corrected chi connectivity index (χ3v) is 16.4. The second-order valence-corrected chi connectivity index (χ2v) is 16.5. The summed E-state index contributed by atoms with van der Waals surface area (Å²) in [6.45, 7) is 14.9. The number of hydrogen-bond donors (Lipinski definition) is 0. The zero-order chi connectivity index (χ0) is 16.3. The molecule has 0 spiro atoms. The second kappa shape index (κ2) is 8.94. The van der Waals surface area contributed by atoms with Gasteiger partial charge in [0, 0.05) is 0 Å². The quantitative estimate of drug-likeness (QED) is 0.459. The van der Waals surface area contributed by atoms with Gasteiger partial charge in [0.1, 0.15) is 0 Å². The molecule has 2 aliphatic rings. The Kier molecular flexibility index (Phi) is 7.87. The molecule has 0 heterocycles. The Bertz CT molecular complexity index is 294. The van der Waals surface area contributed by atoms with Crippen LogP contribution in [0.4, 0.5) is 0 Å². The van der Waals surface area contributed by atoms with Crippen LogP contribution >= 0.6 is 0 Å². The van der Waals surface area contributed by atoms with E-state index in [0.717, 1.165) is 71.4 Å². The Labute approximate surface area is 151 Å². The first-order valence-electron chi connectivity index (χ1n) is 9.70. The van der Waals surface area contributed by atoms with Crippen LogP contribution in [0.1, 0.15) is 80.1 Å². The van der Waals surface area contributed by atoms with Crippen molar-refractivity contribution in [3.8, 4) is 0 Å². The van der Waals surface area contributed by atoms with Gasteiger partial charge >= 0.3 is 151 Å². The van der Waals surface area contributed by atoms with Gasteiger partial charge in [0.05, 0.1) is 0 Å². The van der Waals surface area contributed by atoms with E-state index < -0.39 is 0 Å². The molecular formula is C20H38Se2. The van der Waals surface area contributed by atoms with Crippen LogP contribution in [0.2, 0.25) is 9.63 Å². The molecular weight excluding hydrogens is 398 g/mol. The molecule has 6 atom stereocenters. The van der Waals surface area contributed by atoms with E-state index in [-0.39, 0.29) is 0 Å². The summed E-state index contributed by atoms with van der Waals surface area (Å²) in [5.74, 6) is 5.95. The van der Waals surface area contributed by atoms with E-state index in [1.54, 1.807) is 12.8 Å². The third kappa shape index (κ3) is 5.27. The Balaban J connectivity index is 1.93. The molecule has 0 aromatic rings. The van der Waals surface area contributed by atoms with Gasteiger partial charge in [-0.3, -0.25) is 0 Å². The van der Waals surface area contributed by atoms with Crippen LogP contribution in [0, 0.1) is 35.5 Å². The summed E-state index contributed by atoms with van der Waals surface area (Å²) in [5.41, 5.74) is 0. The third-order valence-electron chi connectivity index (χ3n) is 6.23. The van der Waals surface area contributed by atoms with Crippen LogP contribution in [-0.2, 0) is 0 Å². The van der Waals surface area contributed by atoms with Crippen molar-refractivity contribution >= 4 is 26.3 Å². The van der Waals surface area contributed by atoms with Gasteiger partial charge in [-0.25, -0.2) is 0 Å². The predicted molar refractivity (Wildman–Crippen MR) is 102 cm³/mol. The first kappa shape index (κ1) is 19.4. The Hall–Kier alpha value is 1.04. The van der Waals surface area contributed by atoms with Gasteiger partial charge in [0.25, 0.3) is 0 Å². The second-order valence-electron chi connectivity index (χ2n) is 8.92. The molecule has 0 unspecified atom stereocenters. The molecule has 0 aromatic carbocycles. The minimum absolute atomic E-state index is 0.918. The van der Waals surface area contributed by atoms with Crippen LogP contribution < -0.4 is 0 Å². The van der Waals surface area contributed by atoms with Crippen LogP contribution in [0.15, 0.2) is 0 Å². The minimum atomic E-state index is 0.918. The van der Waals surface area contributed by atoms with Crippen molar-refractivity contribution in [1.29, 1.82) is 0 Å². The first-order chi connectivity index (χ1) is 10.4. The van der Waals surface area contributed by atoms with Gasteiger partial charge in [-0.05, 0) is 0 Å². The molecule has 2 fully saturated rings. The van der Waals surface area contributed by atoms with Crippen molar-refractivity contribution < 1.29 is 0 Å². The summed E-state index contributed by atoms with van der Waals surface area (Å²) in [7, 11) is 0. The van der Waals surface area contributed by atoms with Gasteiger partial charge in [0.2, 0.25) is 0 Å². The van der Waals surface area contributed by atoms with Gasteiger partial charge in [0.15, 0.2) is 0 Å². The summed E-state index contributed by atoms with van der Waals surface area (Å²) < 4.78 is 0. The van der Waals surface area contributed by atoms with Gasteiger partial charge in [-0.1, -0.05) is 0 Å². The molecule has 0 radical (unpaired) electrons. The van der Waals surface area contributed by atoms with Crippen LogP contribution in [0.25, 0.3) is 0 Å². The first-order valence-corrected chi connectivity index (χ1v) is 16.0. The van der Waals surface area contributed by atoms with Crippen molar-refractivity contribution in [2.75, 3.05) is 0 Å². The molecule has 0 bridgehead atoms. The summed E-state index contributed by atoms with van der Waals surface area (Å²) in [6.07, 6.45) is 9.15. The molecule has 0 aliphatic heterocycles. The van der Waals surface area contributed by atoms with E-state index in [4.69, 9.17) is 0 Å². The van der Waals surface area contributed by atoms with Gasteiger partial charge < -0.3 is 0 Å². The maximum absolute atomic E-state index is 2.51. The predicted octanol–water partition coefficient (Wildman–Crippen LogP) is 6.07. The standard InChI is InChI=1S/C20H38Se2/c1-13(2)17-9-7-15(5)11-19(17)21-22-20-12-16(6)8-10-18(20)14(3)4/h13-20H,7-12H2,1-6H3/t15-,16-,17+,18+,19-,20-/m1/s1. The van der Waals surface area contributed by atoms with Crippen molar-refractivity contribution in [1.82, 2.24) is 0 Å². The molecule has 130 valence electrons. The Morgan fingerprint density at radius 2 is 1.00 bits per heavy atom. The van der Waals surface area contributed by atoms with E-state index in [9.17, 15) is 0 Å². The van der Waals surface area contributed by atoms with E-state index in [1.165, 1.54) is 25.7 Å². The monoisotopic (exact) mass is 438 g/mol. The average Bonchev–Trinajstić information content (AvgIpc) is 2.44. The molecule has 0 N–H and O–H groups in total. The van der Waals surface area contributed by atoms with Gasteiger partial charge in [-0.2, -0.15) is 0 Å². The summed E-state index contributed by atoms with van der Waals surface area (Å²) in [5, 5.41) is 0. The Morgan fingerprint density at radius 3 is 1.32 bits per heavy atom. The van der Waals surface area contributed by atoms with Crippen LogP contribution in [0.5, 0.6) is 0 Å². The zero-order valence-corrected chi connectivity index (χ0v) is 19.1. The molecule has 2 heteroatoms. The van der Waals surface area contributed by atoms with Crippen LogP contribution in [0.3, 0.4) is 0 Å². The average molecular weight is 436 g/mol. The van der Waals surface area contributed by atoms with Crippen molar-refractivity contribution in [3.63, 3.8) is 0 Å². The zero-order valence-electron chi connectivity index (χ0n) is 15.7. The SMILES string of the molecule is CC(C)[C@@H]1CC[C@@H](C)C[C@H]1[Se][Se][C@@H]1C[C@H](C)CC[C@H]1C(C)C. The van der Waals surface area contributed by atoms with E-state index in [0.29, 0.717) is 0 Å². The molecule has 2 rings (SSSR count). The van der Waals surface area contributed by atoms with Crippen LogP contribution in [-0.4, -0.2) is 26.3 Å². The van der Waals surface area contributed by atoms with Crippen molar-refractivity contribution in [2.24, 2.45) is 35.5 Å². The van der Waals surface area contributed by atoms with E-state index >= 15 is 0 Å². The molecule has 0 aromatic heterocycles. The summed E-state index contributed by atoms with van der Waals surface area (Å²) in [4.78, 5) is 2.22. The van der Waals surface area contributed by atoms with E-state index in [1.807, 2.05) is 0 Å². The number of rotatable bonds is 5. The number of hydrogen-bond acceptors (Lipinski definition) is 0. The molecule has 0 saturated heterocycles. The van der Waals surface area contributed by atoms with Gasteiger partial charge in [-0.15, -0.1) is 0 Å². The maximum atomic E-state index is 2.51.